The van der Waals surface area contributed by atoms with Gasteiger partial charge in [-0.25, -0.2) is 0 Å². The van der Waals surface area contributed by atoms with E-state index < -0.39 is 0 Å². The Bertz CT molecular complexity index is 3700. The second-order valence-electron chi connectivity index (χ2n) is 18.3. The summed E-state index contributed by atoms with van der Waals surface area (Å²) in [7, 11) is 0. The first-order valence-electron chi connectivity index (χ1n) is 23.6. The van der Waals surface area contributed by atoms with Crippen LogP contribution >= 0.6 is 0 Å². The number of rotatable bonds is 8. The highest BCUT2D eigenvalue weighted by Gasteiger charge is 2.53. The number of benzene rings is 11. The lowest BCUT2D eigenvalue weighted by Gasteiger charge is -2.25. The van der Waals surface area contributed by atoms with Gasteiger partial charge in [-0.3, -0.25) is 0 Å². The van der Waals surface area contributed by atoms with E-state index >= 15 is 0 Å². The fourth-order valence-electron chi connectivity index (χ4n) is 11.3. The Balaban J connectivity index is 1.05. The lowest BCUT2D eigenvalue weighted by molar-refractivity contribution is 0.820. The molecule has 0 nitrogen and oxygen atoms in total. The quantitative estimate of drug-likeness (QED) is 0.134. The van der Waals surface area contributed by atoms with Gasteiger partial charge < -0.3 is 0 Å². The Labute approximate surface area is 392 Å². The molecular weight excluding hydrogens is 805 g/mol. The molecule has 2 atom stereocenters. The van der Waals surface area contributed by atoms with Gasteiger partial charge in [-0.05, 0) is 128 Å². The predicted octanol–water partition coefficient (Wildman–Crippen LogP) is 18.1. The SMILES string of the molecule is C1=CC2(c3ccccc3)CC2C=C1c1ccc(-c2c3ccccc3c(-c3ccc(-c4ccc(-c5ccccc5)cc4)cc3)c3c(-c4ccccc4)c4ccccc4c(-c4ccccc4)c23)cc1. The molecule has 1 saturated carbocycles. The van der Waals surface area contributed by atoms with Gasteiger partial charge in [0.1, 0.15) is 0 Å². The molecule has 0 N–H and O–H groups in total. The Morgan fingerprint density at radius 2 is 0.582 bits per heavy atom. The van der Waals surface area contributed by atoms with Crippen molar-refractivity contribution in [3.05, 3.63) is 272 Å². The van der Waals surface area contributed by atoms with Crippen molar-refractivity contribution in [3.8, 4) is 66.8 Å². The molecule has 67 heavy (non-hydrogen) atoms. The zero-order valence-corrected chi connectivity index (χ0v) is 37.1. The van der Waals surface area contributed by atoms with Crippen LogP contribution in [0.5, 0.6) is 0 Å². The van der Waals surface area contributed by atoms with E-state index in [9.17, 15) is 0 Å². The monoisotopic (exact) mass is 850 g/mol. The predicted molar refractivity (Wildman–Crippen MR) is 285 cm³/mol. The van der Waals surface area contributed by atoms with Crippen LogP contribution in [-0.2, 0) is 5.41 Å². The van der Waals surface area contributed by atoms with Crippen molar-refractivity contribution in [2.75, 3.05) is 0 Å². The summed E-state index contributed by atoms with van der Waals surface area (Å²) in [5.74, 6) is 0.530. The lowest BCUT2D eigenvalue weighted by atomic mass is 9.77. The van der Waals surface area contributed by atoms with Gasteiger partial charge in [0.2, 0.25) is 0 Å². The molecule has 314 valence electrons. The van der Waals surface area contributed by atoms with Crippen LogP contribution in [0.25, 0.3) is 105 Å². The van der Waals surface area contributed by atoms with E-state index in [-0.39, 0.29) is 5.41 Å². The molecule has 2 aliphatic carbocycles. The largest absolute Gasteiger partial charge is 0.0727 e. The summed E-state index contributed by atoms with van der Waals surface area (Å²) in [6.07, 6.45) is 8.51. The fraction of sp³-hybridized carbons (Fsp3) is 0.0448. The first-order valence-corrected chi connectivity index (χ1v) is 23.6. The van der Waals surface area contributed by atoms with E-state index in [0.29, 0.717) is 5.92 Å². The topological polar surface area (TPSA) is 0 Å². The molecule has 0 heterocycles. The van der Waals surface area contributed by atoms with Crippen molar-refractivity contribution in [1.29, 1.82) is 0 Å². The van der Waals surface area contributed by atoms with Gasteiger partial charge in [-0.1, -0.05) is 261 Å². The molecule has 0 bridgehead atoms. The van der Waals surface area contributed by atoms with Crippen molar-refractivity contribution in [2.45, 2.75) is 11.8 Å². The van der Waals surface area contributed by atoms with Gasteiger partial charge in [0.15, 0.2) is 0 Å². The van der Waals surface area contributed by atoms with Gasteiger partial charge in [0.05, 0.1) is 0 Å². The van der Waals surface area contributed by atoms with E-state index in [4.69, 9.17) is 0 Å². The van der Waals surface area contributed by atoms with Crippen molar-refractivity contribution in [1.82, 2.24) is 0 Å². The number of hydrogen-bond donors (Lipinski definition) is 0. The standard InChI is InChI=1S/C67H46/c1-5-17-45(18-6-1)46-29-31-47(32-30-46)48-33-37-52(38-34-48)63-59-27-15-16-28-60(59)64(53-39-35-49(36-40-53)54-41-42-67(44-56(67)43-54)55-23-11-4-12-24-55)66-62(51-21-9-3-10-22-51)58-26-14-13-25-57(58)61(65(63)66)50-19-7-2-8-20-50/h1-43,56H,44H2. The molecule has 0 heteroatoms. The Kier molecular flexibility index (Phi) is 9.32. The van der Waals surface area contributed by atoms with Crippen LogP contribution in [0.2, 0.25) is 0 Å². The minimum atomic E-state index is 0.145. The van der Waals surface area contributed by atoms with Crippen molar-refractivity contribution >= 4 is 37.9 Å². The summed E-state index contributed by atoms with van der Waals surface area (Å²) in [6.45, 7) is 0. The minimum absolute atomic E-state index is 0.145. The minimum Gasteiger partial charge on any atom is -0.0727 e. The highest BCUT2D eigenvalue weighted by Crippen LogP contribution is 2.59. The zero-order chi connectivity index (χ0) is 44.3. The maximum Gasteiger partial charge on any atom is 0.0205 e. The average molecular weight is 851 g/mol. The zero-order valence-electron chi connectivity index (χ0n) is 37.1. The van der Waals surface area contributed by atoms with Crippen molar-refractivity contribution in [2.24, 2.45) is 5.92 Å². The second-order valence-corrected chi connectivity index (χ2v) is 18.3. The van der Waals surface area contributed by atoms with E-state index in [1.165, 1.54) is 122 Å². The molecule has 2 aliphatic rings. The third-order valence-electron chi connectivity index (χ3n) is 14.6. The third-order valence-corrected chi connectivity index (χ3v) is 14.6. The molecule has 0 amide bonds. The fourth-order valence-corrected chi connectivity index (χ4v) is 11.3. The van der Waals surface area contributed by atoms with E-state index in [0.717, 1.165) is 0 Å². The van der Waals surface area contributed by atoms with Gasteiger partial charge in [0, 0.05) is 5.41 Å². The smallest absolute Gasteiger partial charge is 0.0205 e. The number of hydrogen-bond acceptors (Lipinski definition) is 0. The summed E-state index contributed by atoms with van der Waals surface area (Å²) >= 11 is 0. The second kappa shape index (κ2) is 16.0. The summed E-state index contributed by atoms with van der Waals surface area (Å²) in [5, 5.41) is 7.52. The Hall–Kier alpha value is -8.32. The number of fused-ring (bicyclic) bond motifs is 4. The van der Waals surface area contributed by atoms with Crippen molar-refractivity contribution < 1.29 is 0 Å². The lowest BCUT2D eigenvalue weighted by Crippen LogP contribution is -2.08. The van der Waals surface area contributed by atoms with Gasteiger partial charge in [0.25, 0.3) is 0 Å². The highest BCUT2D eigenvalue weighted by molar-refractivity contribution is 6.33. The van der Waals surface area contributed by atoms with E-state index in [1.54, 1.807) is 0 Å². The Morgan fingerprint density at radius 3 is 0.970 bits per heavy atom. The van der Waals surface area contributed by atoms with Crippen LogP contribution in [0.4, 0.5) is 0 Å². The molecule has 0 radical (unpaired) electrons. The molecular formula is C67H46. The van der Waals surface area contributed by atoms with E-state index in [2.05, 4.69) is 261 Å². The molecule has 13 rings (SSSR count). The number of allylic oxidation sites excluding steroid dienone is 4. The molecule has 11 aromatic rings. The van der Waals surface area contributed by atoms with Gasteiger partial charge in [-0.15, -0.1) is 0 Å². The summed E-state index contributed by atoms with van der Waals surface area (Å²) in [5.41, 5.74) is 18.8. The third kappa shape index (κ3) is 6.59. The maximum absolute atomic E-state index is 2.51. The molecule has 0 aromatic heterocycles. The molecule has 2 unspecified atom stereocenters. The van der Waals surface area contributed by atoms with E-state index in [1.807, 2.05) is 0 Å². The summed E-state index contributed by atoms with van der Waals surface area (Å²) in [6, 6.07) is 89.7. The van der Waals surface area contributed by atoms with Gasteiger partial charge in [-0.2, -0.15) is 0 Å². The van der Waals surface area contributed by atoms with Crippen LogP contribution < -0.4 is 0 Å². The molecule has 0 saturated heterocycles. The molecule has 1 fully saturated rings. The average Bonchev–Trinajstić information content (AvgIpc) is 4.16. The molecule has 0 spiro atoms. The molecule has 0 aliphatic heterocycles. The Morgan fingerprint density at radius 1 is 0.284 bits per heavy atom. The summed E-state index contributed by atoms with van der Waals surface area (Å²) < 4.78 is 0. The first kappa shape index (κ1) is 39.1. The molecule has 11 aromatic carbocycles. The van der Waals surface area contributed by atoms with Crippen molar-refractivity contribution in [3.63, 3.8) is 0 Å². The normalized spacial score (nSPS) is 16.2. The van der Waals surface area contributed by atoms with Crippen LogP contribution in [-0.4, -0.2) is 0 Å². The first-order chi connectivity index (χ1) is 33.2. The van der Waals surface area contributed by atoms with Crippen LogP contribution in [0.3, 0.4) is 0 Å². The van der Waals surface area contributed by atoms with Crippen LogP contribution in [0.15, 0.2) is 261 Å². The van der Waals surface area contributed by atoms with Gasteiger partial charge >= 0.3 is 0 Å². The van der Waals surface area contributed by atoms with Crippen LogP contribution in [0, 0.1) is 5.92 Å². The summed E-state index contributed by atoms with van der Waals surface area (Å²) in [4.78, 5) is 0. The maximum atomic E-state index is 2.51. The van der Waals surface area contributed by atoms with Crippen LogP contribution in [0.1, 0.15) is 17.5 Å². The highest BCUT2D eigenvalue weighted by atomic mass is 14.6.